The van der Waals surface area contributed by atoms with E-state index < -0.39 is 0 Å². The van der Waals surface area contributed by atoms with Crippen molar-refractivity contribution in [3.63, 3.8) is 0 Å². The number of nitrogens with zero attached hydrogens (tertiary/aromatic N) is 4. The maximum absolute atomic E-state index is 12.8. The van der Waals surface area contributed by atoms with Gasteiger partial charge in [-0.15, -0.1) is 0 Å². The molecule has 0 radical (unpaired) electrons. The van der Waals surface area contributed by atoms with Crippen LogP contribution < -0.4 is 5.32 Å². The zero-order chi connectivity index (χ0) is 24.9. The average Bonchev–Trinajstić information content (AvgIpc) is 3.58. The van der Waals surface area contributed by atoms with E-state index in [1.807, 2.05) is 76.4 Å². The molecule has 0 bridgehead atoms. The van der Waals surface area contributed by atoms with Crippen LogP contribution in [0.1, 0.15) is 11.3 Å². The molecule has 0 atom stereocenters. The lowest BCUT2D eigenvalue weighted by atomic mass is 10.2. The molecule has 9 heteroatoms. The third kappa shape index (κ3) is 5.82. The van der Waals surface area contributed by atoms with Crippen molar-refractivity contribution in [1.29, 1.82) is 0 Å². The molecule has 5 rings (SSSR count). The highest BCUT2D eigenvalue weighted by Crippen LogP contribution is 2.25. The average molecular weight is 524 g/mol. The van der Waals surface area contributed by atoms with E-state index in [0.717, 1.165) is 47.9 Å². The molecule has 1 aliphatic rings. The van der Waals surface area contributed by atoms with Crippen LogP contribution in [-0.2, 0) is 17.9 Å². The Hall–Kier alpha value is -3.10. The SMILES string of the molecule is O=C(CNCc1nn(-c2ccccc2)cc1-c1ccco1)N1CCN(Cc2ccc(Cl)c(Cl)c2)CC1. The lowest BCUT2D eigenvalue weighted by molar-refractivity contribution is -0.132. The van der Waals surface area contributed by atoms with Crippen LogP contribution in [-0.4, -0.2) is 58.2 Å². The molecule has 7 nitrogen and oxygen atoms in total. The smallest absolute Gasteiger partial charge is 0.236 e. The summed E-state index contributed by atoms with van der Waals surface area (Å²) in [6.45, 7) is 4.52. The molecule has 186 valence electrons. The number of piperazine rings is 1. The lowest BCUT2D eigenvalue weighted by Crippen LogP contribution is -2.50. The first-order valence-corrected chi connectivity index (χ1v) is 12.6. The predicted octanol–water partition coefficient (Wildman–Crippen LogP) is 4.87. The Morgan fingerprint density at radius 1 is 0.972 bits per heavy atom. The summed E-state index contributed by atoms with van der Waals surface area (Å²) in [4.78, 5) is 17.1. The molecule has 2 aromatic heterocycles. The standard InChI is InChI=1S/C27H27Cl2N5O2/c28-23-9-8-20(15-24(23)29)18-32-10-12-33(13-11-32)27(35)17-30-16-25-22(26-7-4-14-36-26)19-34(31-25)21-5-2-1-3-6-21/h1-9,14-15,19,30H,10-13,16-18H2. The molecule has 4 aromatic rings. The van der Waals surface area contributed by atoms with Crippen molar-refractivity contribution in [3.05, 3.63) is 94.4 Å². The number of rotatable bonds is 8. The molecule has 1 N–H and O–H groups in total. The topological polar surface area (TPSA) is 66.5 Å². The second-order valence-corrected chi connectivity index (χ2v) is 9.57. The van der Waals surface area contributed by atoms with Crippen molar-refractivity contribution in [2.24, 2.45) is 0 Å². The number of hydrogen-bond donors (Lipinski definition) is 1. The Bertz CT molecular complexity index is 1300. The molecule has 36 heavy (non-hydrogen) atoms. The first-order chi connectivity index (χ1) is 17.6. The van der Waals surface area contributed by atoms with Crippen LogP contribution in [0.4, 0.5) is 0 Å². The van der Waals surface area contributed by atoms with Crippen LogP contribution in [0.5, 0.6) is 0 Å². The monoisotopic (exact) mass is 523 g/mol. The molecule has 1 fully saturated rings. The molecule has 1 amide bonds. The maximum atomic E-state index is 12.8. The van der Waals surface area contributed by atoms with Gasteiger partial charge >= 0.3 is 0 Å². The number of hydrogen-bond acceptors (Lipinski definition) is 5. The summed E-state index contributed by atoms with van der Waals surface area (Å²) < 4.78 is 7.46. The van der Waals surface area contributed by atoms with E-state index >= 15 is 0 Å². The number of carbonyl (C=O) groups excluding carboxylic acids is 1. The van der Waals surface area contributed by atoms with Gasteiger partial charge in [0.25, 0.3) is 0 Å². The Balaban J connectivity index is 1.15. The molecular formula is C27H27Cl2N5O2. The van der Waals surface area contributed by atoms with Crippen molar-refractivity contribution in [1.82, 2.24) is 24.9 Å². The molecule has 2 aromatic carbocycles. The van der Waals surface area contributed by atoms with E-state index in [0.29, 0.717) is 29.7 Å². The van der Waals surface area contributed by atoms with Gasteiger partial charge in [-0.05, 0) is 42.0 Å². The molecule has 1 aliphatic heterocycles. The normalized spacial score (nSPS) is 14.3. The van der Waals surface area contributed by atoms with E-state index in [4.69, 9.17) is 32.7 Å². The van der Waals surface area contributed by atoms with Gasteiger partial charge in [0.1, 0.15) is 5.76 Å². The fraction of sp³-hybridized carbons (Fsp3) is 0.259. The van der Waals surface area contributed by atoms with E-state index in [-0.39, 0.29) is 12.5 Å². The van der Waals surface area contributed by atoms with Crippen LogP contribution >= 0.6 is 23.2 Å². The van der Waals surface area contributed by atoms with Gasteiger partial charge in [-0.2, -0.15) is 5.10 Å². The van der Waals surface area contributed by atoms with Crippen LogP contribution in [0.3, 0.4) is 0 Å². The summed E-state index contributed by atoms with van der Waals surface area (Å²) >= 11 is 12.2. The van der Waals surface area contributed by atoms with Crippen molar-refractivity contribution in [2.75, 3.05) is 32.7 Å². The summed E-state index contributed by atoms with van der Waals surface area (Å²) in [5, 5.41) is 9.16. The van der Waals surface area contributed by atoms with Crippen LogP contribution in [0, 0.1) is 0 Å². The number of amides is 1. The fourth-order valence-corrected chi connectivity index (χ4v) is 4.66. The third-order valence-corrected chi connectivity index (χ3v) is 7.02. The van der Waals surface area contributed by atoms with E-state index in [1.54, 1.807) is 6.26 Å². The summed E-state index contributed by atoms with van der Waals surface area (Å²) in [7, 11) is 0. The van der Waals surface area contributed by atoms with Gasteiger partial charge in [-0.1, -0.05) is 47.5 Å². The molecule has 0 saturated carbocycles. The van der Waals surface area contributed by atoms with Gasteiger partial charge in [0.15, 0.2) is 0 Å². The zero-order valence-electron chi connectivity index (χ0n) is 19.7. The minimum Gasteiger partial charge on any atom is -0.464 e. The van der Waals surface area contributed by atoms with Crippen molar-refractivity contribution in [2.45, 2.75) is 13.1 Å². The second kappa shape index (κ2) is 11.3. The first kappa shape index (κ1) is 24.6. The largest absolute Gasteiger partial charge is 0.464 e. The number of furan rings is 1. The van der Waals surface area contributed by atoms with Gasteiger partial charge in [0.2, 0.25) is 5.91 Å². The third-order valence-electron chi connectivity index (χ3n) is 6.28. The van der Waals surface area contributed by atoms with E-state index in [1.165, 1.54) is 0 Å². The second-order valence-electron chi connectivity index (χ2n) is 8.76. The molecule has 0 unspecified atom stereocenters. The quantitative estimate of drug-likeness (QED) is 0.356. The number of para-hydroxylation sites is 1. The molecular weight excluding hydrogens is 497 g/mol. The van der Waals surface area contributed by atoms with Gasteiger partial charge in [-0.25, -0.2) is 4.68 Å². The van der Waals surface area contributed by atoms with Gasteiger partial charge in [0.05, 0.1) is 39.8 Å². The Labute approximate surface area is 220 Å². The Morgan fingerprint density at radius 3 is 2.50 bits per heavy atom. The van der Waals surface area contributed by atoms with Crippen molar-refractivity contribution in [3.8, 4) is 17.0 Å². The highest BCUT2D eigenvalue weighted by atomic mass is 35.5. The minimum atomic E-state index is 0.0891. The van der Waals surface area contributed by atoms with Crippen LogP contribution in [0.25, 0.3) is 17.0 Å². The summed E-state index contributed by atoms with van der Waals surface area (Å²) in [5.41, 5.74) is 3.81. The fourth-order valence-electron chi connectivity index (χ4n) is 4.34. The Kier molecular flexibility index (Phi) is 7.72. The lowest BCUT2D eigenvalue weighted by Gasteiger charge is -2.34. The number of halogens is 2. The van der Waals surface area contributed by atoms with Gasteiger partial charge in [-0.3, -0.25) is 9.69 Å². The van der Waals surface area contributed by atoms with Crippen molar-refractivity contribution < 1.29 is 9.21 Å². The number of nitrogens with one attached hydrogen (secondary N) is 1. The van der Waals surface area contributed by atoms with Gasteiger partial charge in [0, 0.05) is 45.5 Å². The number of benzene rings is 2. The maximum Gasteiger partial charge on any atom is 0.236 e. The molecule has 0 spiro atoms. The molecule has 0 aliphatic carbocycles. The highest BCUT2D eigenvalue weighted by Gasteiger charge is 2.21. The molecule has 1 saturated heterocycles. The summed E-state index contributed by atoms with van der Waals surface area (Å²) in [6.07, 6.45) is 3.61. The Morgan fingerprint density at radius 2 is 1.78 bits per heavy atom. The van der Waals surface area contributed by atoms with Crippen LogP contribution in [0.2, 0.25) is 10.0 Å². The first-order valence-electron chi connectivity index (χ1n) is 11.9. The van der Waals surface area contributed by atoms with Crippen molar-refractivity contribution >= 4 is 29.1 Å². The number of carbonyl (C=O) groups is 1. The van der Waals surface area contributed by atoms with E-state index in [2.05, 4.69) is 10.2 Å². The van der Waals surface area contributed by atoms with Crippen LogP contribution in [0.15, 0.2) is 77.5 Å². The zero-order valence-corrected chi connectivity index (χ0v) is 21.3. The summed E-state index contributed by atoms with van der Waals surface area (Å²) in [6, 6.07) is 19.4. The summed E-state index contributed by atoms with van der Waals surface area (Å²) in [5.74, 6) is 0.838. The predicted molar refractivity (Wildman–Crippen MR) is 141 cm³/mol. The van der Waals surface area contributed by atoms with Gasteiger partial charge < -0.3 is 14.6 Å². The number of aromatic nitrogens is 2. The van der Waals surface area contributed by atoms with E-state index in [9.17, 15) is 4.79 Å². The minimum absolute atomic E-state index is 0.0891. The molecule has 3 heterocycles. The highest BCUT2D eigenvalue weighted by molar-refractivity contribution is 6.42.